The molecule has 108 heavy (non-hydrogen) atoms. The number of phenols is 2. The summed E-state index contributed by atoms with van der Waals surface area (Å²) in [5.74, 6) is -19.4. The quantitative estimate of drug-likeness (QED) is 0.0144. The van der Waals surface area contributed by atoms with Crippen molar-refractivity contribution in [2.24, 2.45) is 39.8 Å². The Balaban J connectivity index is 2.00. The number of nitrogens with zero attached hydrogens (tertiary/aromatic N) is 1. The van der Waals surface area contributed by atoms with Crippen molar-refractivity contribution in [1.82, 2.24) is 58.5 Å². The highest BCUT2D eigenvalue weighted by Gasteiger charge is 2.39. The number of primary amides is 1. The van der Waals surface area contributed by atoms with Gasteiger partial charge in [0.2, 0.25) is 70.9 Å². The van der Waals surface area contributed by atoms with Crippen LogP contribution in [0.1, 0.15) is 123 Å². The van der Waals surface area contributed by atoms with Crippen LogP contribution < -0.4 is 81.4 Å². The van der Waals surface area contributed by atoms with E-state index in [-0.39, 0.29) is 79.9 Å². The van der Waals surface area contributed by atoms with Gasteiger partial charge in [-0.3, -0.25) is 72.1 Å². The van der Waals surface area contributed by atoms with Crippen molar-refractivity contribution < 1.29 is 108 Å². The monoisotopic (exact) mass is 1520 g/mol. The zero-order chi connectivity index (χ0) is 81.2. The minimum absolute atomic E-state index is 0.000945. The number of rotatable bonds is 47. The zero-order valence-corrected chi connectivity index (χ0v) is 60.9. The van der Waals surface area contributed by atoms with Crippen LogP contribution in [0.15, 0.2) is 83.9 Å². The first kappa shape index (κ1) is 90.7. The molecule has 0 aliphatic rings. The van der Waals surface area contributed by atoms with E-state index in [0.717, 1.165) is 13.8 Å². The predicted octanol–water partition coefficient (Wildman–Crippen LogP) is -4.60. The Morgan fingerprint density at radius 3 is 1.09 bits per heavy atom. The minimum atomic E-state index is -2.25. The number of aliphatic hydroxyl groups is 2. The molecule has 38 heteroatoms. The average Bonchev–Trinajstić information content (AvgIpc) is 0.848. The second-order valence-corrected chi connectivity index (χ2v) is 26.8. The second-order valence-electron chi connectivity index (χ2n) is 26.8. The first-order valence-corrected chi connectivity index (χ1v) is 34.7. The molecule has 26 N–H and O–H groups in total. The van der Waals surface area contributed by atoms with E-state index in [4.69, 9.17) is 22.9 Å². The van der Waals surface area contributed by atoms with Crippen LogP contribution >= 0.6 is 0 Å². The molecule has 0 unspecified atom stereocenters. The van der Waals surface area contributed by atoms with Crippen molar-refractivity contribution in [1.29, 1.82) is 0 Å². The first-order chi connectivity index (χ1) is 50.6. The number of aliphatic carboxylic acids is 3. The highest BCUT2D eigenvalue weighted by molar-refractivity contribution is 6.00. The summed E-state index contributed by atoms with van der Waals surface area (Å²) in [5, 5.41) is 97.8. The normalized spacial score (nSPS) is 15.0. The Kier molecular flexibility index (Phi) is 37.8. The van der Waals surface area contributed by atoms with Crippen LogP contribution in [-0.2, 0) is 91.2 Å². The number of nitrogens with one attached hydrogen (secondary N) is 11. The number of carbonyl (C=O) groups is 15. The number of phenolic OH excluding ortho intramolecular Hbond substituents is 2. The maximum absolute atomic E-state index is 14.6. The van der Waals surface area contributed by atoms with E-state index in [2.05, 4.69) is 63.5 Å². The number of amides is 12. The summed E-state index contributed by atoms with van der Waals surface area (Å²) in [6, 6.07) is -1.69. The summed E-state index contributed by atoms with van der Waals surface area (Å²) in [5.41, 5.74) is 23.1. The molecule has 0 spiro atoms. The third-order valence-corrected chi connectivity index (χ3v) is 16.3. The Labute approximate surface area is 622 Å². The highest BCUT2D eigenvalue weighted by Crippen LogP contribution is 2.17. The van der Waals surface area contributed by atoms with Crippen LogP contribution in [0.4, 0.5) is 0 Å². The van der Waals surface area contributed by atoms with Crippen molar-refractivity contribution >= 4 is 94.8 Å². The molecule has 0 aliphatic heterocycles. The van der Waals surface area contributed by atoms with Crippen molar-refractivity contribution in [2.75, 3.05) is 6.54 Å². The number of carboxylic acids is 3. The molecule has 12 amide bonds. The number of guanidine groups is 1. The summed E-state index contributed by atoms with van der Waals surface area (Å²) < 4.78 is 0. The summed E-state index contributed by atoms with van der Waals surface area (Å²) in [7, 11) is 0. The van der Waals surface area contributed by atoms with Gasteiger partial charge in [-0.1, -0.05) is 82.3 Å². The summed E-state index contributed by atoms with van der Waals surface area (Å²) in [6.45, 7) is 10.4. The van der Waals surface area contributed by atoms with Gasteiger partial charge in [0.05, 0.1) is 24.7 Å². The number of carboxylic acid groups (broad SMARTS) is 3. The van der Waals surface area contributed by atoms with Gasteiger partial charge in [0, 0.05) is 38.6 Å². The van der Waals surface area contributed by atoms with E-state index in [0.29, 0.717) is 11.1 Å². The van der Waals surface area contributed by atoms with Gasteiger partial charge < -0.3 is 117 Å². The SMILES string of the molecule is CC(C)C[C@H](NC(=O)[C@H](C)N)C(=O)N[C@@H](Cc1ccc(O)cc1)C(=O)N[C@@H](CC(C)C)C(=O)N[C@@H](CCC(N)=O)C(=O)N[C@@H](Cc1ccc(O)cc1)C(=O)N[C@H](C(=O)N[C@@H](CC(=O)O)C(=O)N[C@@H](CCC(=O)O)C(=O)N[C@H](C(=O)N[C@@H](Cc1ccccc1)C(=O)N[C@@H](CCCN=C(N)N)C(=O)O)[C@@H](C)O)[C@@H](C)O. The predicted molar refractivity (Wildman–Crippen MR) is 386 cm³/mol. The summed E-state index contributed by atoms with van der Waals surface area (Å²) >= 11 is 0. The molecule has 0 aliphatic carbocycles. The van der Waals surface area contributed by atoms with Crippen molar-refractivity contribution in [2.45, 2.75) is 210 Å². The molecule has 0 aromatic heterocycles. The Hall–Kier alpha value is -11.5. The van der Waals surface area contributed by atoms with Crippen LogP contribution in [-0.4, -0.2) is 222 Å². The maximum Gasteiger partial charge on any atom is 0.326 e. The van der Waals surface area contributed by atoms with Gasteiger partial charge in [-0.05, 0) is 112 Å². The van der Waals surface area contributed by atoms with E-state index in [1.807, 2.05) is 0 Å². The van der Waals surface area contributed by atoms with E-state index in [1.165, 1.54) is 55.5 Å². The van der Waals surface area contributed by atoms with E-state index >= 15 is 0 Å². The first-order valence-electron chi connectivity index (χ1n) is 34.7. The molecule has 3 aromatic carbocycles. The lowest BCUT2D eigenvalue weighted by Gasteiger charge is -2.29. The third-order valence-electron chi connectivity index (χ3n) is 16.3. The topological polar surface area (TPSA) is 646 Å². The standard InChI is InChI=1S/C70H102N16O22/c1-34(2)28-47(79-58(96)36(5)71)62(100)82-49(31-40-15-19-42(89)20-16-40)64(102)80-48(29-35(3)4)61(99)76-44(23-25-53(72)91)59(97)81-51(32-41-17-21-43(90)22-18-41)66(104)86-57(38(7)88)68(106)84-52(33-55(94)95)65(103)77-45(24-26-54(92)93)60(98)85-56(37(6)87)67(105)83-50(30-39-12-9-8-10-13-39)63(101)78-46(69(107)108)14-11-27-75-70(73)74/h8-10,12-13,15-22,34-38,44-52,56-57,87-90H,11,14,23-33,71H2,1-7H3,(H2,72,91)(H,76,99)(H,77,103)(H,78,101)(H,79,96)(H,80,102)(H,81,97)(H,82,100)(H,83,105)(H,84,106)(H,85,98)(H,86,104)(H,92,93)(H,94,95)(H,107,108)(H4,73,74,75)/t36-,37+,38+,44-,45-,46-,47-,48-,49-,50-,51-,52-,56-,57-/m0/s1. The van der Waals surface area contributed by atoms with Gasteiger partial charge in [-0.15, -0.1) is 0 Å². The Morgan fingerprint density at radius 1 is 0.380 bits per heavy atom. The molecule has 0 radical (unpaired) electrons. The van der Waals surface area contributed by atoms with Crippen LogP contribution in [0, 0.1) is 11.8 Å². The van der Waals surface area contributed by atoms with Crippen LogP contribution in [0.2, 0.25) is 0 Å². The van der Waals surface area contributed by atoms with E-state index < -0.39 is 212 Å². The lowest BCUT2D eigenvalue weighted by atomic mass is 9.99. The van der Waals surface area contributed by atoms with E-state index in [9.17, 15) is 108 Å². The highest BCUT2D eigenvalue weighted by atomic mass is 16.4. The number of hydrogen-bond acceptors (Lipinski definition) is 21. The zero-order valence-electron chi connectivity index (χ0n) is 60.9. The number of carbonyl (C=O) groups excluding carboxylic acids is 12. The van der Waals surface area contributed by atoms with Crippen molar-refractivity contribution in [3.05, 3.63) is 95.6 Å². The fraction of sp³-hybridized carbons (Fsp3) is 0.514. The molecule has 38 nitrogen and oxygen atoms in total. The molecule has 14 atom stereocenters. The maximum atomic E-state index is 14.6. The molecule has 0 heterocycles. The lowest BCUT2D eigenvalue weighted by molar-refractivity contribution is -0.143. The molecule has 0 saturated carbocycles. The third kappa shape index (κ3) is 33.3. The largest absolute Gasteiger partial charge is 0.508 e. The number of nitrogens with two attached hydrogens (primary N) is 4. The molecule has 0 saturated heterocycles. The number of hydrogen-bond donors (Lipinski definition) is 22. The Bertz CT molecular complexity index is 3610. The van der Waals surface area contributed by atoms with Gasteiger partial charge in [0.1, 0.15) is 78.0 Å². The average molecular weight is 1520 g/mol. The fourth-order valence-corrected chi connectivity index (χ4v) is 10.6. The van der Waals surface area contributed by atoms with E-state index in [1.54, 1.807) is 58.0 Å². The minimum Gasteiger partial charge on any atom is -0.508 e. The number of aromatic hydroxyl groups is 2. The molecular formula is C70H102N16O22. The molecule has 0 bridgehead atoms. The van der Waals surface area contributed by atoms with Gasteiger partial charge in [0.15, 0.2) is 5.96 Å². The number of aliphatic imine (C=N–C) groups is 1. The molecule has 0 fully saturated rings. The number of benzene rings is 3. The van der Waals surface area contributed by atoms with Crippen molar-refractivity contribution in [3.8, 4) is 11.5 Å². The molecule has 594 valence electrons. The Morgan fingerprint density at radius 2 is 0.713 bits per heavy atom. The summed E-state index contributed by atoms with van der Waals surface area (Å²) in [4.78, 5) is 208. The smallest absolute Gasteiger partial charge is 0.326 e. The number of aliphatic hydroxyl groups excluding tert-OH is 2. The molecular weight excluding hydrogens is 1420 g/mol. The van der Waals surface area contributed by atoms with Gasteiger partial charge in [0.25, 0.3) is 0 Å². The van der Waals surface area contributed by atoms with Gasteiger partial charge >= 0.3 is 17.9 Å². The molecule has 3 rings (SSSR count). The lowest BCUT2D eigenvalue weighted by Crippen LogP contribution is -2.63. The van der Waals surface area contributed by atoms with Crippen LogP contribution in [0.5, 0.6) is 11.5 Å². The summed E-state index contributed by atoms with van der Waals surface area (Å²) in [6.07, 6.45) is -9.01. The fourth-order valence-electron chi connectivity index (χ4n) is 10.6. The van der Waals surface area contributed by atoms with Crippen LogP contribution in [0.25, 0.3) is 0 Å². The van der Waals surface area contributed by atoms with Gasteiger partial charge in [-0.2, -0.15) is 0 Å². The molecule has 3 aromatic rings. The van der Waals surface area contributed by atoms with Gasteiger partial charge in [-0.25, -0.2) is 4.79 Å². The second kappa shape index (κ2) is 45.1. The van der Waals surface area contributed by atoms with Crippen LogP contribution in [0.3, 0.4) is 0 Å². The van der Waals surface area contributed by atoms with Crippen molar-refractivity contribution in [3.63, 3.8) is 0 Å².